The van der Waals surface area contributed by atoms with Crippen molar-refractivity contribution in [3.63, 3.8) is 0 Å². The fourth-order valence-electron chi connectivity index (χ4n) is 2.22. The molecule has 0 spiro atoms. The van der Waals surface area contributed by atoms with Gasteiger partial charge in [-0.15, -0.1) is 0 Å². The normalized spacial score (nSPS) is 11.4. The fraction of sp³-hybridized carbons (Fsp3) is 0.600. The van der Waals surface area contributed by atoms with Crippen LogP contribution in [0.3, 0.4) is 0 Å². The van der Waals surface area contributed by atoms with Crippen molar-refractivity contribution in [3.05, 3.63) is 29.8 Å². The van der Waals surface area contributed by atoms with Crippen molar-refractivity contribution >= 4 is 11.9 Å². The minimum absolute atomic E-state index is 0.0863. The lowest BCUT2D eigenvalue weighted by Crippen LogP contribution is -2.16. The molecule has 0 N–H and O–H groups in total. The van der Waals surface area contributed by atoms with Crippen LogP contribution in [0.2, 0.25) is 0 Å². The summed E-state index contributed by atoms with van der Waals surface area (Å²) >= 11 is 0. The molecule has 134 valence electrons. The Morgan fingerprint density at radius 2 is 1.58 bits per heavy atom. The quantitative estimate of drug-likeness (QED) is 0.394. The minimum atomic E-state index is -0.262. The molecule has 4 heteroatoms. The van der Waals surface area contributed by atoms with Gasteiger partial charge in [0.2, 0.25) is 0 Å². The van der Waals surface area contributed by atoms with Gasteiger partial charge < -0.3 is 9.47 Å². The van der Waals surface area contributed by atoms with Crippen molar-refractivity contribution < 1.29 is 19.1 Å². The molecule has 0 aromatic heterocycles. The van der Waals surface area contributed by atoms with Crippen LogP contribution in [0.15, 0.2) is 24.3 Å². The number of hydrogen-bond acceptors (Lipinski definition) is 4. The molecule has 0 saturated heterocycles. The average Bonchev–Trinajstić information content (AvgIpc) is 2.49. The fourth-order valence-corrected chi connectivity index (χ4v) is 2.22. The van der Waals surface area contributed by atoms with Gasteiger partial charge in [0.15, 0.2) is 0 Å². The lowest BCUT2D eigenvalue weighted by atomic mass is 9.86. The number of carbonyl (C=O) groups excluding carboxylic acids is 2. The Morgan fingerprint density at radius 1 is 1.00 bits per heavy atom. The van der Waals surface area contributed by atoms with Gasteiger partial charge in [-0.2, -0.15) is 0 Å². The van der Waals surface area contributed by atoms with Gasteiger partial charge in [-0.05, 0) is 30.2 Å². The van der Waals surface area contributed by atoms with E-state index < -0.39 is 0 Å². The van der Waals surface area contributed by atoms with Crippen LogP contribution in [-0.4, -0.2) is 18.5 Å². The van der Waals surface area contributed by atoms with E-state index in [4.69, 9.17) is 9.47 Å². The molecule has 0 aliphatic carbocycles. The summed E-state index contributed by atoms with van der Waals surface area (Å²) in [6.45, 7) is 10.7. The molecule has 0 amide bonds. The van der Waals surface area contributed by atoms with E-state index in [0.29, 0.717) is 44.0 Å². The van der Waals surface area contributed by atoms with Gasteiger partial charge >= 0.3 is 11.9 Å². The average molecular weight is 334 g/mol. The third-order valence-corrected chi connectivity index (χ3v) is 3.51. The second kappa shape index (κ2) is 9.45. The summed E-state index contributed by atoms with van der Waals surface area (Å²) in [6, 6.07) is 7.61. The Kier molecular flexibility index (Phi) is 7.96. The summed E-state index contributed by atoms with van der Waals surface area (Å²) in [5.74, 6) is 0.496. The van der Waals surface area contributed by atoms with Gasteiger partial charge in [0.05, 0.1) is 6.61 Å². The van der Waals surface area contributed by atoms with Crippen molar-refractivity contribution in [2.75, 3.05) is 6.61 Å². The molecule has 1 aromatic rings. The van der Waals surface area contributed by atoms with E-state index in [-0.39, 0.29) is 17.4 Å². The van der Waals surface area contributed by atoms with Crippen LogP contribution in [0, 0.1) is 5.92 Å². The first-order valence-corrected chi connectivity index (χ1v) is 8.66. The molecule has 24 heavy (non-hydrogen) atoms. The molecule has 0 aliphatic heterocycles. The van der Waals surface area contributed by atoms with Gasteiger partial charge in [0, 0.05) is 18.4 Å². The highest BCUT2D eigenvalue weighted by atomic mass is 16.5. The molecular weight excluding hydrogens is 304 g/mol. The maximum Gasteiger partial charge on any atom is 0.311 e. The maximum atomic E-state index is 12.0. The maximum absolute atomic E-state index is 12.0. The van der Waals surface area contributed by atoms with E-state index in [1.54, 1.807) is 0 Å². The molecule has 0 radical (unpaired) electrons. The predicted octanol–water partition coefficient (Wildman–Crippen LogP) is 4.65. The Balaban J connectivity index is 2.37. The number of rotatable bonds is 8. The largest absolute Gasteiger partial charge is 0.465 e. The van der Waals surface area contributed by atoms with Crippen LogP contribution in [0.5, 0.6) is 5.75 Å². The first-order valence-electron chi connectivity index (χ1n) is 8.66. The lowest BCUT2D eigenvalue weighted by Gasteiger charge is -2.22. The third-order valence-electron chi connectivity index (χ3n) is 3.51. The molecule has 0 fully saturated rings. The second-order valence-electron chi connectivity index (χ2n) is 7.50. The molecule has 4 nitrogen and oxygen atoms in total. The van der Waals surface area contributed by atoms with E-state index >= 15 is 0 Å². The zero-order valence-electron chi connectivity index (χ0n) is 15.6. The Morgan fingerprint density at radius 3 is 2.17 bits per heavy atom. The van der Waals surface area contributed by atoms with Gasteiger partial charge in [-0.25, -0.2) is 0 Å². The van der Waals surface area contributed by atoms with Crippen molar-refractivity contribution in [2.24, 2.45) is 5.92 Å². The summed E-state index contributed by atoms with van der Waals surface area (Å²) in [4.78, 5) is 23.5. The van der Waals surface area contributed by atoms with Crippen LogP contribution in [0.1, 0.15) is 65.9 Å². The second-order valence-corrected chi connectivity index (χ2v) is 7.50. The molecule has 1 rings (SSSR count). The first kappa shape index (κ1) is 20.2. The number of para-hydroxylation sites is 1. The molecule has 0 atom stereocenters. The number of unbranched alkanes of at least 4 members (excludes halogenated alkanes) is 1. The van der Waals surface area contributed by atoms with Crippen molar-refractivity contribution in [2.45, 2.75) is 65.7 Å². The molecule has 0 aliphatic rings. The Labute approximate surface area is 145 Å². The topological polar surface area (TPSA) is 52.6 Å². The molecule has 0 heterocycles. The van der Waals surface area contributed by atoms with E-state index in [0.717, 1.165) is 5.56 Å². The molecular formula is C20H30O4. The number of hydrogen-bond donors (Lipinski definition) is 0. The third kappa shape index (κ3) is 7.62. The number of esters is 2. The number of benzene rings is 1. The van der Waals surface area contributed by atoms with Crippen LogP contribution in [-0.2, 0) is 19.7 Å². The Bertz CT molecular complexity index is 541. The van der Waals surface area contributed by atoms with Crippen LogP contribution in [0.4, 0.5) is 0 Å². The van der Waals surface area contributed by atoms with Gasteiger partial charge in [-0.1, -0.05) is 52.8 Å². The summed E-state index contributed by atoms with van der Waals surface area (Å²) in [5, 5.41) is 0. The van der Waals surface area contributed by atoms with Gasteiger partial charge in [0.1, 0.15) is 5.75 Å². The van der Waals surface area contributed by atoms with Crippen LogP contribution >= 0.6 is 0 Å². The molecule has 0 saturated carbocycles. The highest BCUT2D eigenvalue weighted by Crippen LogP contribution is 2.31. The standard InChI is InChI=1S/C20H30O4/c1-15(2)14-23-18(21)12-8-9-13-19(22)24-17-11-7-6-10-16(17)20(3,4)5/h6-7,10-11,15H,8-9,12-14H2,1-5H3. The smallest absolute Gasteiger partial charge is 0.311 e. The molecule has 0 bridgehead atoms. The zero-order valence-corrected chi connectivity index (χ0v) is 15.6. The summed E-state index contributed by atoms with van der Waals surface area (Å²) in [7, 11) is 0. The van der Waals surface area contributed by atoms with Crippen LogP contribution in [0.25, 0.3) is 0 Å². The molecule has 0 unspecified atom stereocenters. The van der Waals surface area contributed by atoms with Crippen LogP contribution < -0.4 is 4.74 Å². The lowest BCUT2D eigenvalue weighted by molar-refractivity contribution is -0.145. The van der Waals surface area contributed by atoms with E-state index in [1.807, 2.05) is 38.1 Å². The SMILES string of the molecule is CC(C)COC(=O)CCCCC(=O)Oc1ccccc1C(C)(C)C. The predicted molar refractivity (Wildman–Crippen MR) is 95.0 cm³/mol. The van der Waals surface area contributed by atoms with Gasteiger partial charge in [-0.3, -0.25) is 9.59 Å². The monoisotopic (exact) mass is 334 g/mol. The highest BCUT2D eigenvalue weighted by Gasteiger charge is 2.19. The van der Waals surface area contributed by atoms with Crippen molar-refractivity contribution in [1.82, 2.24) is 0 Å². The van der Waals surface area contributed by atoms with Gasteiger partial charge in [0.25, 0.3) is 0 Å². The number of ether oxygens (including phenoxy) is 2. The minimum Gasteiger partial charge on any atom is -0.465 e. The van der Waals surface area contributed by atoms with E-state index in [9.17, 15) is 9.59 Å². The first-order chi connectivity index (χ1) is 11.2. The highest BCUT2D eigenvalue weighted by molar-refractivity contribution is 5.73. The van der Waals surface area contributed by atoms with E-state index in [2.05, 4.69) is 20.8 Å². The number of carbonyl (C=O) groups is 2. The summed E-state index contributed by atoms with van der Waals surface area (Å²) < 4.78 is 10.6. The Hall–Kier alpha value is -1.84. The summed E-state index contributed by atoms with van der Waals surface area (Å²) in [6.07, 6.45) is 1.90. The molecule has 1 aromatic carbocycles. The summed E-state index contributed by atoms with van der Waals surface area (Å²) in [5.41, 5.74) is 0.924. The van der Waals surface area contributed by atoms with Crippen molar-refractivity contribution in [3.8, 4) is 5.75 Å². The zero-order chi connectivity index (χ0) is 18.2. The van der Waals surface area contributed by atoms with E-state index in [1.165, 1.54) is 0 Å². The van der Waals surface area contributed by atoms with Crippen molar-refractivity contribution in [1.29, 1.82) is 0 Å².